The molecule has 0 heterocycles. The molecule has 21 heavy (non-hydrogen) atoms. The molecule has 1 saturated carbocycles. The lowest BCUT2D eigenvalue weighted by Gasteiger charge is -2.26. The predicted molar refractivity (Wildman–Crippen MR) is 77.0 cm³/mol. The van der Waals surface area contributed by atoms with Crippen molar-refractivity contribution in [1.29, 1.82) is 0 Å². The molecule has 1 fully saturated rings. The van der Waals surface area contributed by atoms with Gasteiger partial charge in [-0.25, -0.2) is 0 Å². The van der Waals surface area contributed by atoms with E-state index in [4.69, 9.17) is 10.5 Å². The van der Waals surface area contributed by atoms with E-state index < -0.39 is 10.5 Å². The number of rotatable bonds is 6. The minimum absolute atomic E-state index is 0.0212. The van der Waals surface area contributed by atoms with Gasteiger partial charge in [0, 0.05) is 18.6 Å². The van der Waals surface area contributed by atoms with Gasteiger partial charge in [-0.1, -0.05) is 6.92 Å². The lowest BCUT2D eigenvalue weighted by molar-refractivity contribution is -0.384. The van der Waals surface area contributed by atoms with Crippen molar-refractivity contribution in [3.8, 4) is 5.75 Å². The molecule has 2 rings (SSSR count). The Bertz CT molecular complexity index is 532. The van der Waals surface area contributed by atoms with E-state index in [1.54, 1.807) is 12.1 Å². The Kier molecular flexibility index (Phi) is 4.42. The van der Waals surface area contributed by atoms with Crippen molar-refractivity contribution in [2.45, 2.75) is 37.8 Å². The maximum Gasteiger partial charge on any atom is 0.269 e. The Balaban J connectivity index is 2.01. The topological polar surface area (TPSA) is 107 Å². The first-order valence-electron chi connectivity index (χ1n) is 6.93. The Morgan fingerprint density at radius 1 is 1.52 bits per heavy atom. The molecular weight excluding hydrogens is 274 g/mol. The summed E-state index contributed by atoms with van der Waals surface area (Å²) in [6.07, 6.45) is 1.73. The standard InChI is InChI=1S/C14H19N3O4/c1-2-16-14(13(15)18)8-7-12(9-14)21-11-5-3-10(4-6-11)17(19)20/h3-6,12,16H,2,7-9H2,1H3,(H2,15,18). The molecule has 3 N–H and O–H groups in total. The van der Waals surface area contributed by atoms with E-state index in [1.165, 1.54) is 12.1 Å². The Morgan fingerprint density at radius 3 is 2.71 bits per heavy atom. The van der Waals surface area contributed by atoms with Crippen LogP contribution >= 0.6 is 0 Å². The highest BCUT2D eigenvalue weighted by Gasteiger charge is 2.44. The van der Waals surface area contributed by atoms with E-state index in [9.17, 15) is 14.9 Å². The molecule has 7 nitrogen and oxygen atoms in total. The summed E-state index contributed by atoms with van der Waals surface area (Å²) >= 11 is 0. The lowest BCUT2D eigenvalue weighted by atomic mass is 9.96. The molecule has 2 atom stereocenters. The average Bonchev–Trinajstić information content (AvgIpc) is 2.84. The number of nitrogens with zero attached hydrogens (tertiary/aromatic N) is 1. The van der Waals surface area contributed by atoms with Crippen LogP contribution in [0.25, 0.3) is 0 Å². The van der Waals surface area contributed by atoms with Crippen LogP contribution in [-0.2, 0) is 4.79 Å². The predicted octanol–water partition coefficient (Wildman–Crippen LogP) is 1.36. The quantitative estimate of drug-likeness (QED) is 0.608. The van der Waals surface area contributed by atoms with Gasteiger partial charge in [0.15, 0.2) is 0 Å². The van der Waals surface area contributed by atoms with Crippen LogP contribution in [0.1, 0.15) is 26.2 Å². The largest absolute Gasteiger partial charge is 0.490 e. The van der Waals surface area contributed by atoms with Crippen molar-refractivity contribution in [3.63, 3.8) is 0 Å². The Morgan fingerprint density at radius 2 is 2.19 bits per heavy atom. The van der Waals surface area contributed by atoms with Crippen LogP contribution in [0.5, 0.6) is 5.75 Å². The van der Waals surface area contributed by atoms with E-state index in [1.807, 2.05) is 6.92 Å². The lowest BCUT2D eigenvalue weighted by Crippen LogP contribution is -2.54. The Hall–Kier alpha value is -2.15. The average molecular weight is 293 g/mol. The number of benzene rings is 1. The second-order valence-corrected chi connectivity index (χ2v) is 5.21. The number of amides is 1. The second-order valence-electron chi connectivity index (χ2n) is 5.21. The summed E-state index contributed by atoms with van der Waals surface area (Å²) in [6, 6.07) is 5.93. The van der Waals surface area contributed by atoms with Gasteiger partial charge in [0.25, 0.3) is 5.69 Å². The number of nitrogens with one attached hydrogen (secondary N) is 1. The molecule has 2 unspecified atom stereocenters. The van der Waals surface area contributed by atoms with E-state index in [2.05, 4.69) is 5.32 Å². The van der Waals surface area contributed by atoms with E-state index in [-0.39, 0.29) is 17.7 Å². The van der Waals surface area contributed by atoms with Crippen LogP contribution < -0.4 is 15.8 Å². The van der Waals surface area contributed by atoms with Crippen molar-refractivity contribution in [1.82, 2.24) is 5.32 Å². The molecule has 0 spiro atoms. The summed E-state index contributed by atoms with van der Waals surface area (Å²) in [7, 11) is 0. The second kappa shape index (κ2) is 6.09. The van der Waals surface area contributed by atoms with E-state index in [0.29, 0.717) is 31.6 Å². The summed E-state index contributed by atoms with van der Waals surface area (Å²) < 4.78 is 5.79. The zero-order valence-electron chi connectivity index (χ0n) is 11.9. The monoisotopic (exact) mass is 293 g/mol. The van der Waals surface area contributed by atoms with Crippen molar-refractivity contribution in [3.05, 3.63) is 34.4 Å². The van der Waals surface area contributed by atoms with Gasteiger partial charge in [-0.2, -0.15) is 0 Å². The molecule has 1 aliphatic carbocycles. The third-order valence-electron chi connectivity index (χ3n) is 3.81. The smallest absolute Gasteiger partial charge is 0.269 e. The minimum Gasteiger partial charge on any atom is -0.490 e. The number of primary amides is 1. The van der Waals surface area contributed by atoms with Crippen molar-refractivity contribution < 1.29 is 14.5 Å². The molecule has 0 bridgehead atoms. The van der Waals surface area contributed by atoms with E-state index >= 15 is 0 Å². The van der Waals surface area contributed by atoms with Crippen LogP contribution in [0.2, 0.25) is 0 Å². The van der Waals surface area contributed by atoms with Gasteiger partial charge in [0.05, 0.1) is 4.92 Å². The highest BCUT2D eigenvalue weighted by atomic mass is 16.6. The number of non-ortho nitro benzene ring substituents is 1. The van der Waals surface area contributed by atoms with Crippen molar-refractivity contribution in [2.24, 2.45) is 5.73 Å². The molecule has 1 aliphatic rings. The highest BCUT2D eigenvalue weighted by molar-refractivity contribution is 5.85. The molecule has 1 aromatic rings. The number of nitrogens with two attached hydrogens (primary N) is 1. The number of ether oxygens (including phenoxy) is 1. The van der Waals surface area contributed by atoms with Gasteiger partial charge in [0.2, 0.25) is 5.91 Å². The van der Waals surface area contributed by atoms with Gasteiger partial charge in [-0.3, -0.25) is 14.9 Å². The molecular formula is C14H19N3O4. The summed E-state index contributed by atoms with van der Waals surface area (Å²) in [5, 5.41) is 13.7. The van der Waals surface area contributed by atoms with Gasteiger partial charge in [0.1, 0.15) is 17.4 Å². The summed E-state index contributed by atoms with van der Waals surface area (Å²) in [5.41, 5.74) is 4.81. The first-order valence-corrected chi connectivity index (χ1v) is 6.93. The number of nitro benzene ring substituents is 1. The molecule has 0 saturated heterocycles. The van der Waals surface area contributed by atoms with Crippen LogP contribution in [-0.4, -0.2) is 29.0 Å². The maximum absolute atomic E-state index is 11.7. The zero-order chi connectivity index (χ0) is 15.5. The normalized spacial score (nSPS) is 24.7. The van der Waals surface area contributed by atoms with E-state index in [0.717, 1.165) is 0 Å². The number of carbonyl (C=O) groups is 1. The van der Waals surface area contributed by atoms with Crippen LogP contribution in [0, 0.1) is 10.1 Å². The van der Waals surface area contributed by atoms with Crippen molar-refractivity contribution >= 4 is 11.6 Å². The SMILES string of the molecule is CCNC1(C(N)=O)CCC(Oc2ccc([N+](=O)[O-])cc2)C1. The molecule has 0 radical (unpaired) electrons. The molecule has 114 valence electrons. The fourth-order valence-corrected chi connectivity index (χ4v) is 2.75. The third kappa shape index (κ3) is 3.30. The number of hydrogen-bond acceptors (Lipinski definition) is 5. The first-order chi connectivity index (χ1) is 9.97. The number of hydrogen-bond donors (Lipinski definition) is 2. The fraction of sp³-hybridized carbons (Fsp3) is 0.500. The number of likely N-dealkylation sites (N-methyl/N-ethyl adjacent to an activating group) is 1. The highest BCUT2D eigenvalue weighted by Crippen LogP contribution is 2.33. The number of carbonyl (C=O) groups excluding carboxylic acids is 1. The molecule has 0 aromatic heterocycles. The summed E-state index contributed by atoms with van der Waals surface area (Å²) in [4.78, 5) is 21.8. The minimum atomic E-state index is -0.708. The molecule has 0 aliphatic heterocycles. The third-order valence-corrected chi connectivity index (χ3v) is 3.81. The van der Waals surface area contributed by atoms with Crippen molar-refractivity contribution in [2.75, 3.05) is 6.54 Å². The maximum atomic E-state index is 11.7. The van der Waals surface area contributed by atoms with Gasteiger partial charge < -0.3 is 15.8 Å². The number of nitro groups is 1. The van der Waals surface area contributed by atoms with Crippen LogP contribution in [0.4, 0.5) is 5.69 Å². The Labute approximate surface area is 122 Å². The zero-order valence-corrected chi connectivity index (χ0v) is 11.9. The molecule has 1 amide bonds. The van der Waals surface area contributed by atoms with Crippen LogP contribution in [0.15, 0.2) is 24.3 Å². The summed E-state index contributed by atoms with van der Waals surface area (Å²) in [5.74, 6) is 0.196. The molecule has 1 aromatic carbocycles. The van der Waals surface area contributed by atoms with Gasteiger partial charge >= 0.3 is 0 Å². The van der Waals surface area contributed by atoms with Gasteiger partial charge in [-0.05, 0) is 31.5 Å². The summed E-state index contributed by atoms with van der Waals surface area (Å²) in [6.45, 7) is 2.59. The fourth-order valence-electron chi connectivity index (χ4n) is 2.75. The molecule has 7 heteroatoms. The van der Waals surface area contributed by atoms with Gasteiger partial charge in [-0.15, -0.1) is 0 Å². The first kappa shape index (κ1) is 15.2. The van der Waals surface area contributed by atoms with Crippen LogP contribution in [0.3, 0.4) is 0 Å².